The van der Waals surface area contributed by atoms with Crippen LogP contribution in [0.1, 0.15) is 35.4 Å². The van der Waals surface area contributed by atoms with E-state index in [1.165, 1.54) is 11.3 Å². The summed E-state index contributed by atoms with van der Waals surface area (Å²) in [6.07, 6.45) is -0.0630. The number of primary amides is 1. The number of hydrogen-bond donors (Lipinski definition) is 2. The minimum absolute atomic E-state index is 0.0905. The molecule has 0 saturated carbocycles. The summed E-state index contributed by atoms with van der Waals surface area (Å²) < 4.78 is 33.1. The first kappa shape index (κ1) is 30.7. The largest absolute Gasteiger partial charge is 0.491 e. The lowest BCUT2D eigenvalue weighted by atomic mass is 9.83. The Morgan fingerprint density at radius 1 is 0.952 bits per heavy atom. The minimum atomic E-state index is -2.74. The predicted molar refractivity (Wildman–Crippen MR) is 161 cm³/mol. The van der Waals surface area contributed by atoms with Gasteiger partial charge in [0.25, 0.3) is 11.8 Å². The van der Waals surface area contributed by atoms with E-state index in [0.29, 0.717) is 20.7 Å². The van der Waals surface area contributed by atoms with Crippen molar-refractivity contribution in [3.8, 4) is 27.3 Å². The van der Waals surface area contributed by atoms with Crippen molar-refractivity contribution in [2.75, 3.05) is 39.4 Å². The molecule has 42 heavy (non-hydrogen) atoms. The molecule has 1 aromatic heterocycles. The zero-order valence-electron chi connectivity index (χ0n) is 22.8. The van der Waals surface area contributed by atoms with Crippen LogP contribution < -0.4 is 10.5 Å². The molecular formula is C30H31Cl2F2N3O4S. The molecule has 5 rings (SSSR count). The lowest BCUT2D eigenvalue weighted by Crippen LogP contribution is -2.64. The third-order valence-corrected chi connectivity index (χ3v) is 9.78. The summed E-state index contributed by atoms with van der Waals surface area (Å²) >= 11 is 14.0. The van der Waals surface area contributed by atoms with Crippen molar-refractivity contribution in [2.45, 2.75) is 37.1 Å². The maximum absolute atomic E-state index is 13.8. The number of ether oxygens (including phenoxy) is 1. The molecule has 3 heterocycles. The predicted octanol–water partition coefficient (Wildman–Crippen LogP) is 5.95. The standard InChI is InChI=1S/C30H31Cl2F2N3O4S/c31-20-3-6-22(24(32)17-20)26-23(19-1-4-21(5-2-19)41-16-15-38)18-25(42-26)27(39)36-11-7-29(8-12-36,28(35)40)37-13-9-30(33,34)10-14-37/h1-6,17-18,38H,7-16H2,(H2,35,40). The second-order valence-electron chi connectivity index (χ2n) is 10.6. The van der Waals surface area contributed by atoms with E-state index >= 15 is 0 Å². The molecule has 3 N–H and O–H groups in total. The van der Waals surface area contributed by atoms with Gasteiger partial charge in [-0.05, 0) is 48.7 Å². The van der Waals surface area contributed by atoms with Gasteiger partial charge in [0.15, 0.2) is 0 Å². The SMILES string of the molecule is NC(=O)C1(N2CCC(F)(F)CC2)CCN(C(=O)c2cc(-c3ccc(OCCO)cc3)c(-c3ccc(Cl)cc3Cl)s2)CC1. The lowest BCUT2D eigenvalue weighted by Gasteiger charge is -2.48. The molecule has 0 radical (unpaired) electrons. The summed E-state index contributed by atoms with van der Waals surface area (Å²) in [5.74, 6) is -2.86. The average molecular weight is 639 g/mol. The van der Waals surface area contributed by atoms with Gasteiger partial charge in [-0.15, -0.1) is 11.3 Å². The molecule has 2 aliphatic heterocycles. The number of thiophene rings is 1. The lowest BCUT2D eigenvalue weighted by molar-refractivity contribution is -0.140. The molecule has 2 amide bonds. The van der Waals surface area contributed by atoms with Crippen molar-refractivity contribution in [2.24, 2.45) is 5.73 Å². The highest BCUT2D eigenvalue weighted by atomic mass is 35.5. The van der Waals surface area contributed by atoms with Crippen LogP contribution in [0.3, 0.4) is 0 Å². The Labute approximate surface area is 256 Å². The summed E-state index contributed by atoms with van der Waals surface area (Å²) in [6, 6.07) is 14.4. The van der Waals surface area contributed by atoms with Crippen LogP contribution in [-0.4, -0.2) is 77.6 Å². The van der Waals surface area contributed by atoms with Crippen LogP contribution in [0.15, 0.2) is 48.5 Å². The molecule has 7 nitrogen and oxygen atoms in total. The molecule has 224 valence electrons. The van der Waals surface area contributed by atoms with Gasteiger partial charge in [0.05, 0.1) is 16.5 Å². The van der Waals surface area contributed by atoms with Gasteiger partial charge in [-0.25, -0.2) is 8.78 Å². The summed E-state index contributed by atoms with van der Waals surface area (Å²) in [4.78, 5) is 31.2. The number of nitrogens with zero attached hydrogens (tertiary/aromatic N) is 2. The molecular weight excluding hydrogens is 607 g/mol. The Bertz CT molecular complexity index is 1450. The van der Waals surface area contributed by atoms with E-state index in [-0.39, 0.29) is 71.0 Å². The fraction of sp³-hybridized carbons (Fsp3) is 0.400. The number of carbonyl (C=O) groups is 2. The first-order valence-corrected chi connectivity index (χ1v) is 15.3. The number of rotatable bonds is 8. The normalized spacial score (nSPS) is 18.5. The number of likely N-dealkylation sites (tertiary alicyclic amines) is 2. The molecule has 0 spiro atoms. The molecule has 2 fully saturated rings. The van der Waals surface area contributed by atoms with Crippen molar-refractivity contribution in [3.63, 3.8) is 0 Å². The number of hydrogen-bond acceptors (Lipinski definition) is 6. The van der Waals surface area contributed by atoms with Crippen LogP contribution in [0.2, 0.25) is 10.0 Å². The molecule has 0 atom stereocenters. The third kappa shape index (κ3) is 6.28. The second-order valence-corrected chi connectivity index (χ2v) is 12.5. The van der Waals surface area contributed by atoms with E-state index in [2.05, 4.69) is 0 Å². The number of amides is 2. The zero-order chi connectivity index (χ0) is 30.1. The summed E-state index contributed by atoms with van der Waals surface area (Å²) in [5, 5.41) is 9.98. The Morgan fingerprint density at radius 2 is 1.62 bits per heavy atom. The van der Waals surface area contributed by atoms with Gasteiger partial charge in [0.1, 0.15) is 17.9 Å². The molecule has 2 saturated heterocycles. The fourth-order valence-electron chi connectivity index (χ4n) is 5.69. The number of alkyl halides is 2. The number of halogens is 4. The molecule has 3 aromatic rings. The fourth-order valence-corrected chi connectivity index (χ4v) is 7.44. The highest BCUT2D eigenvalue weighted by molar-refractivity contribution is 7.18. The van der Waals surface area contributed by atoms with Crippen LogP contribution in [0.4, 0.5) is 8.78 Å². The smallest absolute Gasteiger partial charge is 0.263 e. The third-order valence-electron chi connectivity index (χ3n) is 8.08. The number of aliphatic hydroxyl groups is 1. The first-order valence-electron chi connectivity index (χ1n) is 13.7. The number of aliphatic hydroxyl groups excluding tert-OH is 1. The molecule has 0 unspecified atom stereocenters. The van der Waals surface area contributed by atoms with Crippen molar-refractivity contribution in [1.29, 1.82) is 0 Å². The summed E-state index contributed by atoms with van der Waals surface area (Å²) in [6.45, 7) is 0.813. The van der Waals surface area contributed by atoms with Gasteiger partial charge in [-0.3, -0.25) is 14.5 Å². The molecule has 2 aliphatic rings. The van der Waals surface area contributed by atoms with Crippen molar-refractivity contribution >= 4 is 46.4 Å². The van der Waals surface area contributed by atoms with E-state index < -0.39 is 17.4 Å². The van der Waals surface area contributed by atoms with Crippen molar-refractivity contribution < 1.29 is 28.2 Å². The maximum atomic E-state index is 13.8. The Hall–Kier alpha value is -2.76. The number of piperidine rings is 2. The average Bonchev–Trinajstić information content (AvgIpc) is 3.41. The molecule has 0 aliphatic carbocycles. The second kappa shape index (κ2) is 12.5. The molecule has 2 aromatic carbocycles. The Kier molecular flexibility index (Phi) is 9.10. The minimum Gasteiger partial charge on any atom is -0.491 e. The van der Waals surface area contributed by atoms with E-state index in [4.69, 9.17) is 38.8 Å². The summed E-state index contributed by atoms with van der Waals surface area (Å²) in [7, 11) is 0. The van der Waals surface area contributed by atoms with Crippen LogP contribution in [0.25, 0.3) is 21.6 Å². The van der Waals surface area contributed by atoms with Crippen molar-refractivity contribution in [1.82, 2.24) is 9.80 Å². The molecule has 0 bridgehead atoms. The summed E-state index contributed by atoms with van der Waals surface area (Å²) in [5.41, 5.74) is 7.17. The van der Waals surface area contributed by atoms with Gasteiger partial charge >= 0.3 is 0 Å². The van der Waals surface area contributed by atoms with E-state index in [0.717, 1.165) is 21.6 Å². The van der Waals surface area contributed by atoms with Gasteiger partial charge in [0.2, 0.25) is 5.91 Å². The van der Waals surface area contributed by atoms with E-state index in [1.54, 1.807) is 34.1 Å². The molecule has 12 heteroatoms. The topological polar surface area (TPSA) is 96.1 Å². The van der Waals surface area contributed by atoms with E-state index in [1.807, 2.05) is 24.3 Å². The van der Waals surface area contributed by atoms with Gasteiger partial charge in [0, 0.05) is 60.0 Å². The number of nitrogens with two attached hydrogens (primary N) is 1. The van der Waals surface area contributed by atoms with Crippen LogP contribution >= 0.6 is 34.5 Å². The highest BCUT2D eigenvalue weighted by Crippen LogP contribution is 2.44. The Balaban J connectivity index is 1.41. The van der Waals surface area contributed by atoms with Gasteiger partial charge < -0.3 is 20.5 Å². The highest BCUT2D eigenvalue weighted by Gasteiger charge is 2.49. The van der Waals surface area contributed by atoms with Crippen LogP contribution in [0, 0.1) is 0 Å². The first-order chi connectivity index (χ1) is 20.0. The quantitative estimate of drug-likeness (QED) is 0.318. The maximum Gasteiger partial charge on any atom is 0.263 e. The zero-order valence-corrected chi connectivity index (χ0v) is 25.1. The Morgan fingerprint density at radius 3 is 2.21 bits per heavy atom. The number of carbonyl (C=O) groups excluding carboxylic acids is 2. The van der Waals surface area contributed by atoms with Crippen LogP contribution in [0.5, 0.6) is 5.75 Å². The monoisotopic (exact) mass is 637 g/mol. The van der Waals surface area contributed by atoms with Gasteiger partial charge in [-0.1, -0.05) is 41.4 Å². The van der Waals surface area contributed by atoms with Gasteiger partial charge in [-0.2, -0.15) is 0 Å². The van der Waals surface area contributed by atoms with Crippen molar-refractivity contribution in [3.05, 3.63) is 63.5 Å². The van der Waals surface area contributed by atoms with E-state index in [9.17, 15) is 18.4 Å². The number of benzene rings is 2. The van der Waals surface area contributed by atoms with Crippen LogP contribution in [-0.2, 0) is 4.79 Å².